The lowest BCUT2D eigenvalue weighted by Crippen LogP contribution is -2.41. The molecule has 0 saturated carbocycles. The molecule has 2 unspecified atom stereocenters. The van der Waals surface area contributed by atoms with E-state index in [9.17, 15) is 52.3 Å². The molecule has 0 amide bonds. The number of hydrogen-bond acceptors (Lipinski definition) is 8. The van der Waals surface area contributed by atoms with Gasteiger partial charge in [0.1, 0.15) is 10.6 Å². The van der Waals surface area contributed by atoms with Crippen LogP contribution >= 0.6 is 10.2 Å². The molecule has 0 aromatic heterocycles. The maximum Gasteiger partial charge on any atom is 0.430 e. The summed E-state index contributed by atoms with van der Waals surface area (Å²) in [7, 11) is -10.2. The summed E-state index contributed by atoms with van der Waals surface area (Å²) in [5.41, 5.74) is -2.30. The van der Waals surface area contributed by atoms with Crippen LogP contribution in [-0.2, 0) is 23.9 Å². The van der Waals surface area contributed by atoms with E-state index in [4.69, 9.17) is 0 Å². The van der Waals surface area contributed by atoms with Crippen molar-refractivity contribution in [3.8, 4) is 5.75 Å². The fourth-order valence-electron chi connectivity index (χ4n) is 2.67. The van der Waals surface area contributed by atoms with Gasteiger partial charge in [0.05, 0.1) is 12.2 Å². The minimum atomic E-state index is -10.2. The van der Waals surface area contributed by atoms with Gasteiger partial charge in [0, 0.05) is 18.9 Å². The van der Waals surface area contributed by atoms with Crippen molar-refractivity contribution in [1.82, 2.24) is 0 Å². The summed E-state index contributed by atoms with van der Waals surface area (Å²) in [5.74, 6) is -3.76. The molecule has 0 N–H and O–H groups in total. The van der Waals surface area contributed by atoms with E-state index >= 15 is 0 Å². The van der Waals surface area contributed by atoms with Crippen molar-refractivity contribution in [2.45, 2.75) is 43.2 Å². The highest BCUT2D eigenvalue weighted by Gasteiger charge is 2.65. The minimum absolute atomic E-state index is 0.150. The monoisotopic (exact) mass is 545 g/mol. The molecule has 35 heavy (non-hydrogen) atoms. The molecule has 9 nitrogen and oxygen atoms in total. The smallest absolute Gasteiger partial charge is 0.430 e. The summed E-state index contributed by atoms with van der Waals surface area (Å²) in [5, 5.41) is 8.87. The third kappa shape index (κ3) is 7.86. The molecule has 0 fully saturated rings. The fraction of sp³-hybridized carbons (Fsp3) is 0.412. The van der Waals surface area contributed by atoms with E-state index in [1.807, 2.05) is 0 Å². The van der Waals surface area contributed by atoms with Crippen LogP contribution in [0.25, 0.3) is 6.08 Å². The first-order valence-corrected chi connectivity index (χ1v) is 11.1. The number of carbonyl (C=O) groups is 2. The Kier molecular flexibility index (Phi) is 6.96. The highest BCUT2D eigenvalue weighted by atomic mass is 32.5. The molecule has 0 aliphatic carbocycles. The Hall–Kier alpha value is -3.31. The van der Waals surface area contributed by atoms with E-state index in [1.165, 1.54) is 0 Å². The molecule has 18 heteroatoms. The van der Waals surface area contributed by atoms with Gasteiger partial charge in [-0.25, -0.2) is 4.79 Å². The first kappa shape index (κ1) is 27.9. The maximum atomic E-state index is 13.4. The van der Waals surface area contributed by atoms with Crippen molar-refractivity contribution < 1.29 is 66.3 Å². The minimum Gasteiger partial charge on any atom is -0.475 e. The summed E-state index contributed by atoms with van der Waals surface area (Å²) in [6.45, 7) is 0.435. The number of hydrogen-bond donors (Lipinski definition) is 0. The zero-order valence-corrected chi connectivity index (χ0v) is 18.0. The third-order valence-electron chi connectivity index (χ3n) is 4.09. The lowest BCUT2D eigenvalue weighted by Gasteiger charge is -2.41. The van der Waals surface area contributed by atoms with Crippen LogP contribution in [0.3, 0.4) is 0 Å². The largest absolute Gasteiger partial charge is 0.475 e. The number of nitrogens with zero attached hydrogens (tertiary/aromatic N) is 1. The quantitative estimate of drug-likeness (QED) is 0.100. The predicted octanol–water partition coefficient (Wildman–Crippen LogP) is 5.47. The molecule has 2 rings (SSSR count). The van der Waals surface area contributed by atoms with Gasteiger partial charge in [-0.2, -0.15) is 13.2 Å². The molecule has 1 heterocycles. The standard InChI is InChI=1S/C17H15F8NO8S/c1-9(32-14(27)3-2-6-31-26(29)30)33-16(28)12-8-10-7-11(35(21,22,23,24)25)4-5-13(10)34-15(12)17(18,19)20/h4-5,7-9,15H,2-3,6H2,1H3. The summed E-state index contributed by atoms with van der Waals surface area (Å²) in [6.07, 6.45) is -10.5. The summed E-state index contributed by atoms with van der Waals surface area (Å²) in [6, 6.07) is -0.0661. The van der Waals surface area contributed by atoms with E-state index in [0.29, 0.717) is 0 Å². The van der Waals surface area contributed by atoms with Gasteiger partial charge in [0.25, 0.3) is 5.09 Å². The summed E-state index contributed by atoms with van der Waals surface area (Å²) >= 11 is 0. The Bertz CT molecular complexity index is 1060. The average molecular weight is 545 g/mol. The molecule has 1 aromatic rings. The second kappa shape index (κ2) is 8.72. The van der Waals surface area contributed by atoms with E-state index in [2.05, 4.69) is 19.0 Å². The topological polar surface area (TPSA) is 114 Å². The van der Waals surface area contributed by atoms with Crippen LogP contribution < -0.4 is 4.74 Å². The van der Waals surface area contributed by atoms with Crippen LogP contribution in [0.4, 0.5) is 32.6 Å². The molecule has 0 radical (unpaired) electrons. The normalized spacial score (nSPS) is 18.5. The Morgan fingerprint density at radius 1 is 1.17 bits per heavy atom. The van der Waals surface area contributed by atoms with Crippen molar-refractivity contribution >= 4 is 28.2 Å². The van der Waals surface area contributed by atoms with Gasteiger partial charge < -0.3 is 19.0 Å². The van der Waals surface area contributed by atoms with Crippen LogP contribution in [-0.4, -0.2) is 42.2 Å². The van der Waals surface area contributed by atoms with Crippen LogP contribution in [0.15, 0.2) is 28.7 Å². The molecule has 0 saturated heterocycles. The molecule has 0 spiro atoms. The first-order valence-electron chi connectivity index (χ1n) is 9.18. The maximum absolute atomic E-state index is 13.4. The van der Waals surface area contributed by atoms with Gasteiger partial charge in [0.2, 0.25) is 12.4 Å². The number of halogens is 8. The van der Waals surface area contributed by atoms with Crippen molar-refractivity contribution in [2.75, 3.05) is 6.61 Å². The Morgan fingerprint density at radius 2 is 1.80 bits per heavy atom. The van der Waals surface area contributed by atoms with Crippen LogP contribution in [0.1, 0.15) is 25.3 Å². The van der Waals surface area contributed by atoms with E-state index < -0.39 is 80.6 Å². The molecule has 0 bridgehead atoms. The average Bonchev–Trinajstić information content (AvgIpc) is 2.67. The number of carbonyl (C=O) groups excluding carboxylic acids is 2. The molecule has 198 valence electrons. The van der Waals surface area contributed by atoms with Gasteiger partial charge in [-0.3, -0.25) is 4.79 Å². The molecular weight excluding hydrogens is 530 g/mol. The SMILES string of the molecule is CC(OC(=O)CCCO[N+](=O)[O-])OC(=O)C1=Cc2cc(S(F)(F)(F)(F)F)ccc2OC1C(F)(F)F. The van der Waals surface area contributed by atoms with Crippen molar-refractivity contribution in [3.63, 3.8) is 0 Å². The second-order valence-electron chi connectivity index (χ2n) is 6.93. The predicted molar refractivity (Wildman–Crippen MR) is 100 cm³/mol. The Morgan fingerprint density at radius 3 is 2.34 bits per heavy atom. The number of benzene rings is 1. The molecule has 1 aliphatic heterocycles. The number of ether oxygens (including phenoxy) is 3. The van der Waals surface area contributed by atoms with Gasteiger partial charge in [-0.1, -0.05) is 19.4 Å². The summed E-state index contributed by atoms with van der Waals surface area (Å²) < 4.78 is 119. The highest BCUT2D eigenvalue weighted by Crippen LogP contribution is 3.02. The van der Waals surface area contributed by atoms with Crippen LogP contribution in [0, 0.1) is 10.1 Å². The van der Waals surface area contributed by atoms with Crippen LogP contribution in [0.5, 0.6) is 5.75 Å². The fourth-order valence-corrected chi connectivity index (χ4v) is 3.35. The number of rotatable bonds is 9. The van der Waals surface area contributed by atoms with Gasteiger partial charge in [-0.15, -0.1) is 10.1 Å². The van der Waals surface area contributed by atoms with E-state index in [0.717, 1.165) is 6.92 Å². The Labute approximate surface area is 190 Å². The molecular formula is C17H15F8NO8S. The van der Waals surface area contributed by atoms with Crippen LogP contribution in [0.2, 0.25) is 0 Å². The van der Waals surface area contributed by atoms with Crippen molar-refractivity contribution in [3.05, 3.63) is 39.4 Å². The molecule has 1 aliphatic rings. The lowest BCUT2D eigenvalue weighted by molar-refractivity contribution is -0.757. The van der Waals surface area contributed by atoms with Gasteiger partial charge in [0.15, 0.2) is 0 Å². The third-order valence-corrected chi connectivity index (χ3v) is 5.24. The van der Waals surface area contributed by atoms with E-state index in [-0.39, 0.29) is 30.7 Å². The number of fused-ring (bicyclic) bond motifs is 1. The summed E-state index contributed by atoms with van der Waals surface area (Å²) in [4.78, 5) is 35.4. The van der Waals surface area contributed by atoms with Crippen molar-refractivity contribution in [1.29, 1.82) is 0 Å². The molecule has 2 atom stereocenters. The second-order valence-corrected chi connectivity index (χ2v) is 9.34. The zero-order valence-electron chi connectivity index (χ0n) is 17.2. The Balaban J connectivity index is 2.23. The zero-order chi connectivity index (χ0) is 26.9. The van der Waals surface area contributed by atoms with E-state index in [1.54, 1.807) is 0 Å². The van der Waals surface area contributed by atoms with Gasteiger partial charge >= 0.3 is 28.3 Å². The highest BCUT2D eigenvalue weighted by molar-refractivity contribution is 8.45. The van der Waals surface area contributed by atoms with Gasteiger partial charge in [-0.05, 0) is 30.7 Å². The number of alkyl halides is 3. The number of esters is 2. The lowest BCUT2D eigenvalue weighted by atomic mass is 10.0. The molecule has 1 aromatic carbocycles. The first-order chi connectivity index (χ1) is 15.7. The van der Waals surface area contributed by atoms with Crippen molar-refractivity contribution in [2.24, 2.45) is 0 Å².